The van der Waals surface area contributed by atoms with Gasteiger partial charge in [-0.1, -0.05) is 12.1 Å². The number of hydrogen-bond donors (Lipinski definition) is 1. The summed E-state index contributed by atoms with van der Waals surface area (Å²) in [5.41, 5.74) is 1.70. The first-order valence-corrected chi connectivity index (χ1v) is 11.2. The number of benzene rings is 1. The molecule has 0 saturated carbocycles. The first-order valence-electron chi connectivity index (χ1n) is 11.2. The van der Waals surface area contributed by atoms with Crippen LogP contribution in [0, 0.1) is 5.92 Å². The molecule has 1 amide bonds. The zero-order valence-corrected chi connectivity index (χ0v) is 17.8. The number of aryl methyl sites for hydroxylation is 1. The molecule has 32 heavy (non-hydrogen) atoms. The third-order valence-corrected chi connectivity index (χ3v) is 6.42. The Hall–Kier alpha value is -2.68. The van der Waals surface area contributed by atoms with Gasteiger partial charge in [0.2, 0.25) is 12.3 Å². The molecular weight excluding hydrogens is 420 g/mol. The highest BCUT2D eigenvalue weighted by molar-refractivity contribution is 5.92. The van der Waals surface area contributed by atoms with Crippen LogP contribution in [0.15, 0.2) is 24.3 Å². The summed E-state index contributed by atoms with van der Waals surface area (Å²) in [4.78, 5) is 12.8. The minimum atomic E-state index is -2.40. The quantitative estimate of drug-likeness (QED) is 0.763. The second-order valence-corrected chi connectivity index (χ2v) is 8.71. The number of fused-ring (bicyclic) bond motifs is 2. The van der Waals surface area contributed by atoms with Crippen molar-refractivity contribution in [2.24, 2.45) is 5.92 Å². The number of carbonyl (C=O) groups is 1. The highest BCUT2D eigenvalue weighted by Gasteiger charge is 2.31. The minimum Gasteiger partial charge on any atom is -0.491 e. The molecular formula is C23H27F2N3O4. The molecule has 1 aromatic heterocycles. The van der Waals surface area contributed by atoms with E-state index in [2.05, 4.69) is 10.4 Å². The summed E-state index contributed by atoms with van der Waals surface area (Å²) >= 11 is 0. The number of ether oxygens (including phenoxy) is 3. The molecule has 0 spiro atoms. The molecule has 7 nitrogen and oxygen atoms in total. The largest absolute Gasteiger partial charge is 0.491 e. The summed E-state index contributed by atoms with van der Waals surface area (Å²) < 4.78 is 44.5. The maximum atomic E-state index is 12.8. The van der Waals surface area contributed by atoms with Gasteiger partial charge >= 0.3 is 0 Å². The Kier molecular flexibility index (Phi) is 5.99. The topological polar surface area (TPSA) is 74.6 Å². The zero-order chi connectivity index (χ0) is 22.1. The summed E-state index contributed by atoms with van der Waals surface area (Å²) in [6.45, 7) is 2.58. The Balaban J connectivity index is 1.21. The van der Waals surface area contributed by atoms with Crippen molar-refractivity contribution >= 4 is 5.91 Å². The van der Waals surface area contributed by atoms with Gasteiger partial charge in [0.25, 0.3) is 5.91 Å². The lowest BCUT2D eigenvalue weighted by atomic mass is 9.91. The molecule has 3 aliphatic rings. The standard InChI is InChI=1S/C23H27F2N3O4/c24-21(25)10-14-1-2-19-16(9-14)11-17(13-31-19)26-23(29)18-12-22-28(27-18)6-3-20(32-22)15-4-7-30-8-5-15/h1-2,9,12,15,17,20-21H,3-8,10-11,13H2,(H,26,29)/t17-,20?/m1/s1. The summed E-state index contributed by atoms with van der Waals surface area (Å²) in [5, 5.41) is 7.38. The fraction of sp³-hybridized carbons (Fsp3) is 0.565. The second kappa shape index (κ2) is 9.05. The van der Waals surface area contributed by atoms with Gasteiger partial charge in [-0.25, -0.2) is 13.5 Å². The predicted molar refractivity (Wildman–Crippen MR) is 111 cm³/mol. The number of hydrogen-bond acceptors (Lipinski definition) is 5. The van der Waals surface area contributed by atoms with Crippen LogP contribution in [0.3, 0.4) is 0 Å². The van der Waals surface area contributed by atoms with Crippen LogP contribution in [-0.2, 0) is 24.1 Å². The van der Waals surface area contributed by atoms with Crippen LogP contribution in [-0.4, -0.2) is 54.1 Å². The molecule has 2 aromatic rings. The van der Waals surface area contributed by atoms with Crippen LogP contribution in [0.1, 0.15) is 40.9 Å². The lowest BCUT2D eigenvalue weighted by Gasteiger charge is -2.33. The zero-order valence-electron chi connectivity index (χ0n) is 17.8. The third-order valence-electron chi connectivity index (χ3n) is 6.42. The number of aromatic nitrogens is 2. The first-order chi connectivity index (χ1) is 15.5. The van der Waals surface area contributed by atoms with Gasteiger partial charge in [-0.2, -0.15) is 5.10 Å². The molecule has 4 heterocycles. The highest BCUT2D eigenvalue weighted by atomic mass is 19.3. The maximum absolute atomic E-state index is 12.8. The van der Waals surface area contributed by atoms with Crippen LogP contribution >= 0.6 is 0 Å². The van der Waals surface area contributed by atoms with E-state index in [1.165, 1.54) is 0 Å². The van der Waals surface area contributed by atoms with Crippen LogP contribution in [0.2, 0.25) is 0 Å². The molecule has 1 aromatic carbocycles. The Morgan fingerprint density at radius 3 is 2.88 bits per heavy atom. The molecule has 1 saturated heterocycles. The fourth-order valence-electron chi connectivity index (χ4n) is 4.75. The SMILES string of the molecule is O=C(N[C@H]1COc2ccc(CC(F)F)cc2C1)c1cc2n(n1)CCC(C1CCOCC1)O2. The Morgan fingerprint density at radius 1 is 1.22 bits per heavy atom. The number of alkyl halides is 2. The van der Waals surface area contributed by atoms with Crippen LogP contribution < -0.4 is 14.8 Å². The first kappa shape index (κ1) is 21.2. The fourth-order valence-corrected chi connectivity index (χ4v) is 4.75. The molecule has 0 bridgehead atoms. The van der Waals surface area contributed by atoms with E-state index in [0.717, 1.165) is 44.6 Å². The van der Waals surface area contributed by atoms with Crippen molar-refractivity contribution < 1.29 is 27.8 Å². The van der Waals surface area contributed by atoms with E-state index in [4.69, 9.17) is 14.2 Å². The van der Waals surface area contributed by atoms with Gasteiger partial charge in [-0.15, -0.1) is 0 Å². The van der Waals surface area contributed by atoms with Gasteiger partial charge < -0.3 is 19.5 Å². The molecule has 1 unspecified atom stereocenters. The molecule has 2 atom stereocenters. The van der Waals surface area contributed by atoms with Crippen molar-refractivity contribution in [2.45, 2.75) is 57.2 Å². The average Bonchev–Trinajstić information content (AvgIpc) is 3.23. The number of rotatable bonds is 5. The van der Waals surface area contributed by atoms with Crippen molar-refractivity contribution in [3.63, 3.8) is 0 Å². The summed E-state index contributed by atoms with van der Waals surface area (Å²) in [6.07, 6.45) is 0.822. The summed E-state index contributed by atoms with van der Waals surface area (Å²) in [5.74, 6) is 1.48. The van der Waals surface area contributed by atoms with Crippen molar-refractivity contribution in [1.82, 2.24) is 15.1 Å². The van der Waals surface area contributed by atoms with Gasteiger partial charge in [0.15, 0.2) is 5.69 Å². The van der Waals surface area contributed by atoms with Crippen molar-refractivity contribution in [3.8, 4) is 11.6 Å². The number of amides is 1. The Bertz CT molecular complexity index is 974. The van der Waals surface area contributed by atoms with E-state index in [1.807, 2.05) is 0 Å². The molecule has 0 radical (unpaired) electrons. The molecule has 172 valence electrons. The van der Waals surface area contributed by atoms with Crippen LogP contribution in [0.5, 0.6) is 11.6 Å². The Labute approximate surface area is 185 Å². The van der Waals surface area contributed by atoms with Crippen molar-refractivity contribution in [3.05, 3.63) is 41.1 Å². The van der Waals surface area contributed by atoms with E-state index < -0.39 is 6.43 Å². The second-order valence-electron chi connectivity index (χ2n) is 8.71. The molecule has 1 N–H and O–H groups in total. The van der Waals surface area contributed by atoms with Crippen molar-refractivity contribution in [1.29, 1.82) is 0 Å². The molecule has 3 aliphatic heterocycles. The molecule has 1 fully saturated rings. The minimum absolute atomic E-state index is 0.129. The van der Waals surface area contributed by atoms with Crippen LogP contribution in [0.25, 0.3) is 0 Å². The van der Waals surface area contributed by atoms with Gasteiger partial charge in [0.05, 0.1) is 6.04 Å². The third kappa shape index (κ3) is 4.57. The average molecular weight is 447 g/mol. The van der Waals surface area contributed by atoms with Gasteiger partial charge in [-0.05, 0) is 36.5 Å². The lowest BCUT2D eigenvalue weighted by Crippen LogP contribution is -2.43. The van der Waals surface area contributed by atoms with Gasteiger partial charge in [0.1, 0.15) is 18.5 Å². The molecule has 9 heteroatoms. The van der Waals surface area contributed by atoms with E-state index >= 15 is 0 Å². The Morgan fingerprint density at radius 2 is 2.06 bits per heavy atom. The van der Waals surface area contributed by atoms with E-state index in [1.54, 1.807) is 28.9 Å². The summed E-state index contributed by atoms with van der Waals surface area (Å²) in [6, 6.07) is 6.55. The van der Waals surface area contributed by atoms with E-state index in [9.17, 15) is 13.6 Å². The normalized spacial score (nSPS) is 23.1. The summed E-state index contributed by atoms with van der Waals surface area (Å²) in [7, 11) is 0. The molecule has 5 rings (SSSR count). The van der Waals surface area contributed by atoms with E-state index in [0.29, 0.717) is 41.8 Å². The van der Waals surface area contributed by atoms with Crippen molar-refractivity contribution in [2.75, 3.05) is 19.8 Å². The predicted octanol–water partition coefficient (Wildman–Crippen LogP) is 3.00. The van der Waals surface area contributed by atoms with Gasteiger partial charge in [-0.3, -0.25) is 4.79 Å². The van der Waals surface area contributed by atoms with Gasteiger partial charge in [0, 0.05) is 44.6 Å². The van der Waals surface area contributed by atoms with E-state index in [-0.39, 0.29) is 24.5 Å². The highest BCUT2D eigenvalue weighted by Crippen LogP contribution is 2.31. The number of nitrogens with zero attached hydrogens (tertiary/aromatic N) is 2. The maximum Gasteiger partial charge on any atom is 0.272 e. The molecule has 0 aliphatic carbocycles. The number of halogens is 2. The lowest BCUT2D eigenvalue weighted by molar-refractivity contribution is 0.00105. The van der Waals surface area contributed by atoms with Crippen LogP contribution in [0.4, 0.5) is 8.78 Å². The smallest absolute Gasteiger partial charge is 0.272 e. The number of nitrogens with one attached hydrogen (secondary N) is 1. The monoisotopic (exact) mass is 447 g/mol. The number of carbonyl (C=O) groups excluding carboxylic acids is 1.